The highest BCUT2D eigenvalue weighted by atomic mass is 35.5. The summed E-state index contributed by atoms with van der Waals surface area (Å²) in [6.07, 6.45) is 0. The van der Waals surface area contributed by atoms with Gasteiger partial charge in [0.1, 0.15) is 0 Å². The summed E-state index contributed by atoms with van der Waals surface area (Å²) in [5.41, 5.74) is 1.94. The van der Waals surface area contributed by atoms with Crippen molar-refractivity contribution in [3.63, 3.8) is 0 Å². The number of hydrogen-bond acceptors (Lipinski definition) is 3. The summed E-state index contributed by atoms with van der Waals surface area (Å²) in [5, 5.41) is 0.601. The van der Waals surface area contributed by atoms with Crippen LogP contribution in [0.5, 0.6) is 0 Å². The van der Waals surface area contributed by atoms with E-state index in [9.17, 15) is 8.42 Å². The van der Waals surface area contributed by atoms with Gasteiger partial charge in [0, 0.05) is 22.2 Å². The molecule has 2 aromatic rings. The van der Waals surface area contributed by atoms with Gasteiger partial charge in [-0.05, 0) is 36.8 Å². The summed E-state index contributed by atoms with van der Waals surface area (Å²) in [4.78, 5) is 1.14. The molecule has 0 radical (unpaired) electrons. The lowest BCUT2D eigenvalue weighted by molar-refractivity contribution is 0.583. The Bertz CT molecular complexity index is 698. The van der Waals surface area contributed by atoms with Crippen LogP contribution in [0.2, 0.25) is 5.02 Å². The lowest BCUT2D eigenvalue weighted by atomic mass is 10.2. The van der Waals surface area contributed by atoms with Gasteiger partial charge in [0.2, 0.25) is 10.0 Å². The molecule has 0 amide bonds. The van der Waals surface area contributed by atoms with Crippen molar-refractivity contribution in [1.82, 2.24) is 4.72 Å². The second-order valence-corrected chi connectivity index (χ2v) is 8.35. The van der Waals surface area contributed by atoms with Crippen LogP contribution in [0.1, 0.15) is 11.1 Å². The molecular formula is C16H18ClNO2S2. The Kier molecular flexibility index (Phi) is 6.32. The Hall–Kier alpha value is -1.01. The van der Waals surface area contributed by atoms with Gasteiger partial charge in [-0.1, -0.05) is 41.4 Å². The third-order valence-electron chi connectivity index (χ3n) is 2.98. The highest BCUT2D eigenvalue weighted by Gasteiger charge is 2.10. The van der Waals surface area contributed by atoms with Gasteiger partial charge < -0.3 is 0 Å². The fourth-order valence-corrected chi connectivity index (χ4v) is 4.02. The number of nitrogens with one attached hydrogen (secondary N) is 1. The van der Waals surface area contributed by atoms with E-state index in [0.29, 0.717) is 17.3 Å². The second kappa shape index (κ2) is 8.02. The van der Waals surface area contributed by atoms with Crippen molar-refractivity contribution in [1.29, 1.82) is 0 Å². The minimum absolute atomic E-state index is 0.0284. The highest BCUT2D eigenvalue weighted by Crippen LogP contribution is 2.17. The summed E-state index contributed by atoms with van der Waals surface area (Å²) in [6, 6.07) is 15.0. The van der Waals surface area contributed by atoms with Gasteiger partial charge in [0.15, 0.2) is 0 Å². The number of hydrogen-bond donors (Lipinski definition) is 1. The molecule has 3 nitrogen and oxygen atoms in total. The maximum atomic E-state index is 12.0. The van der Waals surface area contributed by atoms with Gasteiger partial charge in [-0.15, -0.1) is 11.8 Å². The molecule has 0 saturated carbocycles. The molecule has 0 atom stereocenters. The van der Waals surface area contributed by atoms with E-state index in [-0.39, 0.29) is 5.75 Å². The third kappa shape index (κ3) is 6.01. The van der Waals surface area contributed by atoms with Gasteiger partial charge in [0.05, 0.1) is 5.75 Å². The van der Waals surface area contributed by atoms with Crippen molar-refractivity contribution in [3.05, 3.63) is 64.7 Å². The van der Waals surface area contributed by atoms with Crippen LogP contribution in [0.3, 0.4) is 0 Å². The molecule has 2 aromatic carbocycles. The molecule has 0 heterocycles. The summed E-state index contributed by atoms with van der Waals surface area (Å²) in [5.74, 6) is 0.669. The number of halogens is 1. The van der Waals surface area contributed by atoms with Crippen LogP contribution in [0, 0.1) is 6.92 Å². The largest absolute Gasteiger partial charge is 0.215 e. The third-order valence-corrected chi connectivity index (χ3v) is 5.61. The van der Waals surface area contributed by atoms with E-state index >= 15 is 0 Å². The molecule has 22 heavy (non-hydrogen) atoms. The monoisotopic (exact) mass is 355 g/mol. The minimum Gasteiger partial charge on any atom is -0.214 e. The maximum Gasteiger partial charge on any atom is 0.215 e. The quantitative estimate of drug-likeness (QED) is 0.606. The molecule has 1 N–H and O–H groups in total. The summed E-state index contributed by atoms with van der Waals surface area (Å²) < 4.78 is 26.6. The molecule has 0 fully saturated rings. The average Bonchev–Trinajstić information content (AvgIpc) is 2.48. The molecule has 0 aromatic heterocycles. The molecule has 0 spiro atoms. The Morgan fingerprint density at radius 2 is 1.68 bits per heavy atom. The molecular weight excluding hydrogens is 338 g/mol. The molecule has 118 valence electrons. The lowest BCUT2D eigenvalue weighted by Crippen LogP contribution is -2.27. The van der Waals surface area contributed by atoms with Crippen molar-refractivity contribution >= 4 is 33.4 Å². The zero-order valence-corrected chi connectivity index (χ0v) is 14.6. The van der Waals surface area contributed by atoms with E-state index in [4.69, 9.17) is 11.6 Å². The molecule has 0 aliphatic heterocycles. The van der Waals surface area contributed by atoms with Crippen molar-refractivity contribution in [2.75, 3.05) is 12.3 Å². The molecule has 0 aliphatic rings. The van der Waals surface area contributed by atoms with Crippen LogP contribution in [0.4, 0.5) is 0 Å². The van der Waals surface area contributed by atoms with Crippen LogP contribution in [0.15, 0.2) is 53.4 Å². The molecule has 0 aliphatic carbocycles. The van der Waals surface area contributed by atoms with Crippen LogP contribution >= 0.6 is 23.4 Å². The Labute approximate surface area is 141 Å². The first kappa shape index (κ1) is 17.3. The predicted octanol–water partition coefficient (Wildman–Crippen LogP) is 3.86. The van der Waals surface area contributed by atoms with Crippen LogP contribution in [-0.4, -0.2) is 20.7 Å². The fourth-order valence-electron chi connectivity index (χ4n) is 1.85. The second-order valence-electron chi connectivity index (χ2n) is 4.94. The van der Waals surface area contributed by atoms with Gasteiger partial charge >= 0.3 is 0 Å². The topological polar surface area (TPSA) is 46.2 Å². The number of rotatable bonds is 7. The van der Waals surface area contributed by atoms with Crippen LogP contribution < -0.4 is 4.72 Å². The fraction of sp³-hybridized carbons (Fsp3) is 0.250. The summed E-state index contributed by atoms with van der Waals surface area (Å²) in [6.45, 7) is 2.45. The standard InChI is InChI=1S/C16H18ClNO2S2/c1-13-2-8-16(9-3-13)21-11-10-18-22(19,20)12-14-4-6-15(17)7-5-14/h2-9,18H,10-12H2,1H3. The first-order valence-corrected chi connectivity index (χ1v) is 9.87. The van der Waals surface area contributed by atoms with Crippen molar-refractivity contribution in [2.45, 2.75) is 17.6 Å². The number of aryl methyl sites for hydroxylation is 1. The van der Waals surface area contributed by atoms with Gasteiger partial charge in [-0.2, -0.15) is 0 Å². The molecule has 2 rings (SSSR count). The number of benzene rings is 2. The first-order valence-electron chi connectivity index (χ1n) is 6.86. The summed E-state index contributed by atoms with van der Waals surface area (Å²) >= 11 is 7.42. The van der Waals surface area contributed by atoms with E-state index in [0.717, 1.165) is 10.5 Å². The Balaban J connectivity index is 1.77. The zero-order valence-electron chi connectivity index (χ0n) is 12.3. The Morgan fingerprint density at radius 1 is 1.05 bits per heavy atom. The van der Waals surface area contributed by atoms with Crippen LogP contribution in [-0.2, 0) is 15.8 Å². The van der Waals surface area contributed by atoms with E-state index < -0.39 is 10.0 Å². The van der Waals surface area contributed by atoms with E-state index in [2.05, 4.69) is 4.72 Å². The van der Waals surface area contributed by atoms with Crippen molar-refractivity contribution in [3.8, 4) is 0 Å². The average molecular weight is 356 g/mol. The Morgan fingerprint density at radius 3 is 2.32 bits per heavy atom. The van der Waals surface area contributed by atoms with Crippen molar-refractivity contribution in [2.24, 2.45) is 0 Å². The van der Waals surface area contributed by atoms with E-state index in [1.54, 1.807) is 36.0 Å². The maximum absolute atomic E-state index is 12.0. The number of sulfonamides is 1. The lowest BCUT2D eigenvalue weighted by Gasteiger charge is -2.07. The number of thioether (sulfide) groups is 1. The smallest absolute Gasteiger partial charge is 0.214 e. The van der Waals surface area contributed by atoms with Crippen molar-refractivity contribution < 1.29 is 8.42 Å². The predicted molar refractivity (Wildman–Crippen MR) is 94.0 cm³/mol. The molecule has 0 bridgehead atoms. The molecule has 6 heteroatoms. The zero-order chi connectivity index (χ0) is 16.0. The first-order chi connectivity index (χ1) is 10.4. The SMILES string of the molecule is Cc1ccc(SCCNS(=O)(=O)Cc2ccc(Cl)cc2)cc1. The van der Waals surface area contributed by atoms with Gasteiger partial charge in [0.25, 0.3) is 0 Å². The minimum atomic E-state index is -3.32. The van der Waals surface area contributed by atoms with Gasteiger partial charge in [-0.3, -0.25) is 0 Å². The molecule has 0 saturated heterocycles. The van der Waals surface area contributed by atoms with E-state index in [1.807, 2.05) is 31.2 Å². The van der Waals surface area contributed by atoms with Crippen LogP contribution in [0.25, 0.3) is 0 Å². The summed E-state index contributed by atoms with van der Waals surface area (Å²) in [7, 11) is -3.32. The molecule has 0 unspecified atom stereocenters. The highest BCUT2D eigenvalue weighted by molar-refractivity contribution is 7.99. The normalized spacial score (nSPS) is 11.5. The van der Waals surface area contributed by atoms with E-state index in [1.165, 1.54) is 5.56 Å². The van der Waals surface area contributed by atoms with Gasteiger partial charge in [-0.25, -0.2) is 13.1 Å².